The Morgan fingerprint density at radius 1 is 1.38 bits per heavy atom. The molecule has 0 aromatic carbocycles. The molecule has 0 heterocycles. The van der Waals surface area contributed by atoms with Crippen LogP contribution < -0.4 is 10.5 Å². The van der Waals surface area contributed by atoms with Gasteiger partial charge in [0.05, 0.1) is 5.25 Å². The summed E-state index contributed by atoms with van der Waals surface area (Å²) in [6.45, 7) is 4.72. The Balaban J connectivity index is 4.38. The van der Waals surface area contributed by atoms with Gasteiger partial charge in [0.2, 0.25) is 15.9 Å². The van der Waals surface area contributed by atoms with Gasteiger partial charge in [-0.05, 0) is 13.8 Å². The maximum Gasteiger partial charge on any atom is 0.237 e. The van der Waals surface area contributed by atoms with Crippen LogP contribution in [0.5, 0.6) is 0 Å². The van der Waals surface area contributed by atoms with E-state index in [1.165, 1.54) is 13.8 Å². The maximum absolute atomic E-state index is 11.2. The Morgan fingerprint density at radius 3 is 2.15 bits per heavy atom. The maximum atomic E-state index is 11.2. The first-order chi connectivity index (χ1) is 5.81. The normalized spacial score (nSPS) is 14.2. The van der Waals surface area contributed by atoms with Gasteiger partial charge in [0.1, 0.15) is 0 Å². The van der Waals surface area contributed by atoms with E-state index < -0.39 is 27.1 Å². The lowest BCUT2D eigenvalue weighted by Gasteiger charge is -2.12. The number of hydrogen-bond acceptors (Lipinski definition) is 4. The predicted molar refractivity (Wildman–Crippen MR) is 50.4 cm³/mol. The van der Waals surface area contributed by atoms with Crippen LogP contribution in [0.25, 0.3) is 0 Å². The molecule has 0 bridgehead atoms. The number of carbonyl (C=O) groups excluding carboxylic acids is 1. The van der Waals surface area contributed by atoms with Gasteiger partial charge in [-0.15, -0.1) is 0 Å². The van der Waals surface area contributed by atoms with Crippen LogP contribution in [0.4, 0.5) is 0 Å². The van der Waals surface area contributed by atoms with Gasteiger partial charge in [0.25, 0.3) is 0 Å². The molecule has 13 heavy (non-hydrogen) atoms. The molecule has 1 unspecified atom stereocenters. The van der Waals surface area contributed by atoms with Crippen LogP contribution in [0.15, 0.2) is 0 Å². The van der Waals surface area contributed by atoms with Crippen LogP contribution >= 0.6 is 0 Å². The summed E-state index contributed by atoms with van der Waals surface area (Å²) in [4.78, 5) is 11.1. The Hall–Kier alpha value is -0.620. The molecule has 0 spiro atoms. The van der Waals surface area contributed by atoms with Gasteiger partial charge in [0, 0.05) is 12.5 Å². The molecule has 0 aliphatic heterocycles. The number of amides is 1. The number of sulfonamides is 1. The van der Waals surface area contributed by atoms with Crippen molar-refractivity contribution in [2.24, 2.45) is 11.7 Å². The molecule has 0 aliphatic carbocycles. The highest BCUT2D eigenvalue weighted by Gasteiger charge is 2.21. The number of hydrogen-bond donors (Lipinski definition) is 2. The van der Waals surface area contributed by atoms with E-state index >= 15 is 0 Å². The van der Waals surface area contributed by atoms with Crippen molar-refractivity contribution in [3.8, 4) is 0 Å². The zero-order valence-electron chi connectivity index (χ0n) is 8.07. The highest BCUT2D eigenvalue weighted by molar-refractivity contribution is 7.90. The Labute approximate surface area is 78.7 Å². The van der Waals surface area contributed by atoms with Crippen molar-refractivity contribution in [1.29, 1.82) is 0 Å². The molecule has 1 amide bonds. The molecule has 5 nitrogen and oxygen atoms in total. The van der Waals surface area contributed by atoms with Crippen molar-refractivity contribution in [2.45, 2.75) is 26.0 Å². The van der Waals surface area contributed by atoms with Crippen molar-refractivity contribution in [3.63, 3.8) is 0 Å². The molecule has 1 atom stereocenters. The van der Waals surface area contributed by atoms with Crippen molar-refractivity contribution in [2.75, 3.05) is 6.54 Å². The van der Waals surface area contributed by atoms with Crippen LogP contribution in [0.1, 0.15) is 20.8 Å². The highest BCUT2D eigenvalue weighted by Crippen LogP contribution is 1.99. The van der Waals surface area contributed by atoms with Gasteiger partial charge >= 0.3 is 0 Å². The van der Waals surface area contributed by atoms with E-state index in [4.69, 9.17) is 5.73 Å². The van der Waals surface area contributed by atoms with Crippen LogP contribution in [0.3, 0.4) is 0 Å². The first kappa shape index (κ1) is 12.4. The average Bonchev–Trinajstić information content (AvgIpc) is 2.01. The fourth-order valence-corrected chi connectivity index (χ4v) is 1.18. The molecule has 0 radical (unpaired) electrons. The van der Waals surface area contributed by atoms with Crippen LogP contribution in [-0.2, 0) is 14.8 Å². The minimum absolute atomic E-state index is 0.138. The third-order valence-corrected chi connectivity index (χ3v) is 3.39. The van der Waals surface area contributed by atoms with Gasteiger partial charge < -0.3 is 5.73 Å². The lowest BCUT2D eigenvalue weighted by atomic mass is 10.2. The van der Waals surface area contributed by atoms with E-state index in [0.29, 0.717) is 0 Å². The lowest BCUT2D eigenvalue weighted by molar-refractivity contribution is -0.122. The highest BCUT2D eigenvalue weighted by atomic mass is 32.2. The van der Waals surface area contributed by atoms with E-state index in [-0.39, 0.29) is 6.54 Å². The van der Waals surface area contributed by atoms with E-state index in [1.54, 1.807) is 6.92 Å². The van der Waals surface area contributed by atoms with E-state index in [2.05, 4.69) is 0 Å². The fourth-order valence-electron chi connectivity index (χ4n) is 0.466. The SMILES string of the molecule is CC(CN)C(=O)NS(=O)(=O)C(C)C. The minimum atomic E-state index is -3.51. The Kier molecular flexibility index (Phi) is 4.35. The third kappa shape index (κ3) is 3.73. The summed E-state index contributed by atoms with van der Waals surface area (Å²) >= 11 is 0. The third-order valence-electron chi connectivity index (χ3n) is 1.66. The van der Waals surface area contributed by atoms with Gasteiger partial charge in [0.15, 0.2) is 0 Å². The zero-order chi connectivity index (χ0) is 10.6. The smallest absolute Gasteiger partial charge is 0.237 e. The summed E-state index contributed by atoms with van der Waals surface area (Å²) < 4.78 is 24.3. The van der Waals surface area contributed by atoms with Gasteiger partial charge in [-0.2, -0.15) is 0 Å². The lowest BCUT2D eigenvalue weighted by Crippen LogP contribution is -2.40. The van der Waals surface area contributed by atoms with Gasteiger partial charge in [-0.1, -0.05) is 6.92 Å². The van der Waals surface area contributed by atoms with E-state index in [9.17, 15) is 13.2 Å². The Bertz CT molecular complexity index is 271. The monoisotopic (exact) mass is 208 g/mol. The van der Waals surface area contributed by atoms with Crippen LogP contribution in [-0.4, -0.2) is 26.1 Å². The summed E-state index contributed by atoms with van der Waals surface area (Å²) in [5.74, 6) is -1.02. The summed E-state index contributed by atoms with van der Waals surface area (Å²) in [5, 5.41) is -0.610. The number of carbonyl (C=O) groups is 1. The number of nitrogens with one attached hydrogen (secondary N) is 1. The van der Waals surface area contributed by atoms with E-state index in [0.717, 1.165) is 0 Å². The average molecular weight is 208 g/mol. The second kappa shape index (κ2) is 4.57. The summed E-state index contributed by atoms with van der Waals surface area (Å²) in [6.07, 6.45) is 0. The Morgan fingerprint density at radius 2 is 1.85 bits per heavy atom. The number of rotatable bonds is 4. The molecule has 6 heteroatoms. The molecule has 0 saturated heterocycles. The molecular formula is C7H16N2O3S. The molecule has 0 aromatic heterocycles. The van der Waals surface area contributed by atoms with Crippen molar-refractivity contribution >= 4 is 15.9 Å². The zero-order valence-corrected chi connectivity index (χ0v) is 8.89. The molecule has 0 saturated carbocycles. The van der Waals surface area contributed by atoms with E-state index in [1.807, 2.05) is 4.72 Å². The number of nitrogens with two attached hydrogens (primary N) is 1. The summed E-state index contributed by atoms with van der Waals surface area (Å²) in [6, 6.07) is 0. The van der Waals surface area contributed by atoms with Gasteiger partial charge in [-0.25, -0.2) is 8.42 Å². The molecule has 0 fully saturated rings. The quantitative estimate of drug-likeness (QED) is 0.648. The predicted octanol–water partition coefficient (Wildman–Crippen LogP) is -0.564. The first-order valence-corrected chi connectivity index (χ1v) is 5.61. The molecule has 0 aliphatic rings. The molecule has 78 valence electrons. The second-order valence-corrected chi connectivity index (χ2v) is 5.43. The molecule has 0 rings (SSSR count). The summed E-state index contributed by atoms with van der Waals surface area (Å²) in [7, 11) is -3.51. The standard InChI is InChI=1S/C7H16N2O3S/c1-5(2)13(11,12)9-7(10)6(3)4-8/h5-6H,4,8H2,1-3H3,(H,9,10). The van der Waals surface area contributed by atoms with Crippen molar-refractivity contribution < 1.29 is 13.2 Å². The van der Waals surface area contributed by atoms with Crippen molar-refractivity contribution in [3.05, 3.63) is 0 Å². The summed E-state index contributed by atoms with van der Waals surface area (Å²) in [5.41, 5.74) is 5.21. The second-order valence-electron chi connectivity index (χ2n) is 3.20. The molecular weight excluding hydrogens is 192 g/mol. The fraction of sp³-hybridized carbons (Fsp3) is 0.857. The topological polar surface area (TPSA) is 89.3 Å². The molecule has 0 aromatic rings. The van der Waals surface area contributed by atoms with Crippen LogP contribution in [0.2, 0.25) is 0 Å². The minimum Gasteiger partial charge on any atom is -0.330 e. The van der Waals surface area contributed by atoms with Crippen LogP contribution in [0, 0.1) is 5.92 Å². The first-order valence-electron chi connectivity index (χ1n) is 4.06. The van der Waals surface area contributed by atoms with Crippen molar-refractivity contribution in [1.82, 2.24) is 4.72 Å². The van der Waals surface area contributed by atoms with Gasteiger partial charge in [-0.3, -0.25) is 9.52 Å². The largest absolute Gasteiger partial charge is 0.330 e. The molecule has 3 N–H and O–H groups in total.